The Bertz CT molecular complexity index is 602. The fourth-order valence-corrected chi connectivity index (χ4v) is 2.38. The summed E-state index contributed by atoms with van der Waals surface area (Å²) in [7, 11) is 0. The van der Waals surface area contributed by atoms with Crippen LogP contribution in [0.25, 0.3) is 0 Å². The minimum Gasteiger partial charge on any atom is -0.372 e. The molecule has 8 nitrogen and oxygen atoms in total. The summed E-state index contributed by atoms with van der Waals surface area (Å²) in [5.41, 5.74) is -0.658. The zero-order valence-corrected chi connectivity index (χ0v) is 11.9. The van der Waals surface area contributed by atoms with E-state index in [0.717, 1.165) is 22.9 Å². The van der Waals surface area contributed by atoms with E-state index in [4.69, 9.17) is 4.74 Å². The van der Waals surface area contributed by atoms with Gasteiger partial charge in [0.2, 0.25) is 5.91 Å². The average Bonchev–Trinajstić information content (AvgIpc) is 2.39. The molecule has 1 aromatic heterocycles. The van der Waals surface area contributed by atoms with Gasteiger partial charge in [-0.2, -0.15) is 0 Å². The Balaban J connectivity index is 2.14. The highest BCUT2D eigenvalue weighted by atomic mass is 16.6. The summed E-state index contributed by atoms with van der Waals surface area (Å²) in [6, 6.07) is 2.22. The van der Waals surface area contributed by atoms with Gasteiger partial charge in [0.15, 0.2) is 0 Å². The number of hydrogen-bond donors (Lipinski definition) is 0. The number of morpholine rings is 1. The van der Waals surface area contributed by atoms with E-state index in [1.54, 1.807) is 4.90 Å². The van der Waals surface area contributed by atoms with Crippen molar-refractivity contribution in [1.29, 1.82) is 0 Å². The fraction of sp³-hybridized carbons (Fsp3) is 0.538. The van der Waals surface area contributed by atoms with Crippen molar-refractivity contribution in [3.63, 3.8) is 0 Å². The van der Waals surface area contributed by atoms with Crippen LogP contribution in [-0.2, 0) is 16.1 Å². The quantitative estimate of drug-likeness (QED) is 0.594. The summed E-state index contributed by atoms with van der Waals surface area (Å²) < 4.78 is 6.60. The molecule has 2 atom stereocenters. The van der Waals surface area contributed by atoms with E-state index in [0.29, 0.717) is 13.1 Å². The normalized spacial score (nSPS) is 22.1. The van der Waals surface area contributed by atoms with Crippen LogP contribution in [0.1, 0.15) is 13.8 Å². The van der Waals surface area contributed by atoms with Gasteiger partial charge >= 0.3 is 0 Å². The van der Waals surface area contributed by atoms with Crippen molar-refractivity contribution in [3.05, 3.63) is 38.8 Å². The molecule has 2 rings (SSSR count). The Morgan fingerprint density at radius 1 is 1.38 bits per heavy atom. The zero-order chi connectivity index (χ0) is 15.6. The summed E-state index contributed by atoms with van der Waals surface area (Å²) in [4.78, 5) is 35.7. The molecule has 21 heavy (non-hydrogen) atoms. The van der Waals surface area contributed by atoms with Gasteiger partial charge in [-0.25, -0.2) is 0 Å². The fourth-order valence-electron chi connectivity index (χ4n) is 2.38. The molecule has 0 N–H and O–H groups in total. The second kappa shape index (κ2) is 6.04. The molecule has 0 spiro atoms. The molecule has 0 bridgehead atoms. The Kier molecular flexibility index (Phi) is 4.37. The van der Waals surface area contributed by atoms with Crippen LogP contribution in [0.4, 0.5) is 5.69 Å². The van der Waals surface area contributed by atoms with Gasteiger partial charge in [0.25, 0.3) is 11.2 Å². The van der Waals surface area contributed by atoms with Crippen LogP contribution in [-0.4, -0.2) is 45.6 Å². The number of rotatable bonds is 3. The molecule has 1 amide bonds. The first kappa shape index (κ1) is 15.2. The van der Waals surface area contributed by atoms with Crippen LogP contribution < -0.4 is 5.56 Å². The first-order valence-corrected chi connectivity index (χ1v) is 6.65. The highest BCUT2D eigenvalue weighted by Crippen LogP contribution is 2.12. The third kappa shape index (κ3) is 3.66. The number of carbonyl (C=O) groups is 1. The van der Waals surface area contributed by atoms with Crippen molar-refractivity contribution in [1.82, 2.24) is 9.47 Å². The molecule has 0 saturated carbocycles. The number of aromatic nitrogens is 1. The van der Waals surface area contributed by atoms with E-state index < -0.39 is 10.5 Å². The Labute approximate surface area is 121 Å². The summed E-state index contributed by atoms with van der Waals surface area (Å²) in [6.07, 6.45) is 0.951. The van der Waals surface area contributed by atoms with Crippen LogP contribution in [0.3, 0.4) is 0 Å². The molecule has 1 aliphatic heterocycles. The molecule has 0 radical (unpaired) electrons. The van der Waals surface area contributed by atoms with Crippen molar-refractivity contribution in [2.75, 3.05) is 13.1 Å². The summed E-state index contributed by atoms with van der Waals surface area (Å²) >= 11 is 0. The first-order valence-electron chi connectivity index (χ1n) is 6.65. The molecule has 2 unspecified atom stereocenters. The molecular formula is C13H17N3O5. The smallest absolute Gasteiger partial charge is 0.285 e. The molecule has 0 aromatic carbocycles. The molecule has 114 valence electrons. The Morgan fingerprint density at radius 2 is 2.00 bits per heavy atom. The Morgan fingerprint density at radius 3 is 2.57 bits per heavy atom. The Hall–Kier alpha value is -2.22. The van der Waals surface area contributed by atoms with Crippen LogP contribution in [0.5, 0.6) is 0 Å². The van der Waals surface area contributed by atoms with Gasteiger partial charge < -0.3 is 9.64 Å². The third-order valence-corrected chi connectivity index (χ3v) is 3.26. The van der Waals surface area contributed by atoms with Gasteiger partial charge in [0.1, 0.15) is 6.54 Å². The number of ether oxygens (including phenoxy) is 1. The van der Waals surface area contributed by atoms with Crippen LogP contribution in [0.15, 0.2) is 23.1 Å². The molecule has 1 saturated heterocycles. The predicted octanol–water partition coefficient (Wildman–Crippen LogP) is 0.392. The topological polar surface area (TPSA) is 94.7 Å². The lowest BCUT2D eigenvalue weighted by Gasteiger charge is -2.35. The number of nitrogens with zero attached hydrogens (tertiary/aromatic N) is 3. The lowest BCUT2D eigenvalue weighted by molar-refractivity contribution is -0.385. The summed E-state index contributed by atoms with van der Waals surface area (Å²) in [5, 5.41) is 10.7. The second-order valence-electron chi connectivity index (χ2n) is 5.17. The largest absolute Gasteiger partial charge is 0.372 e. The number of hydrogen-bond acceptors (Lipinski definition) is 5. The molecular weight excluding hydrogens is 278 g/mol. The standard InChI is InChI=1S/C13H17N3O5/c1-9-5-14(6-10(2)21-9)13(18)8-15-7-11(16(19)20)3-4-12(15)17/h3-4,7,9-10H,5-6,8H2,1-2H3. The second-order valence-corrected chi connectivity index (χ2v) is 5.17. The van der Waals surface area contributed by atoms with Gasteiger partial charge in [-0.15, -0.1) is 0 Å². The van der Waals surface area contributed by atoms with Gasteiger partial charge in [-0.1, -0.05) is 0 Å². The van der Waals surface area contributed by atoms with Gasteiger partial charge in [-0.05, 0) is 13.8 Å². The number of amides is 1. The molecule has 1 aromatic rings. The summed E-state index contributed by atoms with van der Waals surface area (Å²) in [5.74, 6) is -0.250. The highest BCUT2D eigenvalue weighted by Gasteiger charge is 2.26. The minimum atomic E-state index is -0.598. The molecule has 1 fully saturated rings. The maximum atomic E-state index is 12.2. The van der Waals surface area contributed by atoms with Gasteiger partial charge in [0.05, 0.1) is 23.3 Å². The van der Waals surface area contributed by atoms with E-state index in [9.17, 15) is 19.7 Å². The number of pyridine rings is 1. The van der Waals surface area contributed by atoms with E-state index in [2.05, 4.69) is 0 Å². The van der Waals surface area contributed by atoms with E-state index in [-0.39, 0.29) is 30.3 Å². The maximum absolute atomic E-state index is 12.2. The van der Waals surface area contributed by atoms with E-state index in [1.807, 2.05) is 13.8 Å². The monoisotopic (exact) mass is 295 g/mol. The van der Waals surface area contributed by atoms with Gasteiger partial charge in [0, 0.05) is 25.2 Å². The van der Waals surface area contributed by atoms with Crippen LogP contribution in [0, 0.1) is 10.1 Å². The predicted molar refractivity (Wildman–Crippen MR) is 73.9 cm³/mol. The average molecular weight is 295 g/mol. The van der Waals surface area contributed by atoms with E-state index >= 15 is 0 Å². The number of carbonyl (C=O) groups excluding carboxylic acids is 1. The van der Waals surface area contributed by atoms with Gasteiger partial charge in [-0.3, -0.25) is 24.3 Å². The molecule has 8 heteroatoms. The van der Waals surface area contributed by atoms with Crippen molar-refractivity contribution < 1.29 is 14.5 Å². The van der Waals surface area contributed by atoms with Crippen LogP contribution in [0.2, 0.25) is 0 Å². The highest BCUT2D eigenvalue weighted by molar-refractivity contribution is 5.76. The third-order valence-electron chi connectivity index (χ3n) is 3.26. The van der Waals surface area contributed by atoms with Crippen LogP contribution >= 0.6 is 0 Å². The van der Waals surface area contributed by atoms with Crippen molar-refractivity contribution in [2.24, 2.45) is 0 Å². The van der Waals surface area contributed by atoms with E-state index in [1.165, 1.54) is 0 Å². The lowest BCUT2D eigenvalue weighted by Crippen LogP contribution is -2.49. The van der Waals surface area contributed by atoms with Crippen molar-refractivity contribution >= 4 is 11.6 Å². The zero-order valence-electron chi connectivity index (χ0n) is 11.9. The lowest BCUT2D eigenvalue weighted by atomic mass is 10.2. The summed E-state index contributed by atoms with van der Waals surface area (Å²) in [6.45, 7) is 4.44. The molecule has 0 aliphatic carbocycles. The first-order chi connectivity index (χ1) is 9.86. The maximum Gasteiger partial charge on any atom is 0.285 e. The number of nitro groups is 1. The van der Waals surface area contributed by atoms with Crippen molar-refractivity contribution in [2.45, 2.75) is 32.6 Å². The van der Waals surface area contributed by atoms with Crippen molar-refractivity contribution in [3.8, 4) is 0 Å². The SMILES string of the molecule is CC1CN(C(=O)Cn2cc([N+](=O)[O-])ccc2=O)CC(C)O1. The molecule has 1 aliphatic rings. The minimum absolute atomic E-state index is 0.0699. The molecule has 2 heterocycles.